The van der Waals surface area contributed by atoms with Gasteiger partial charge in [0.05, 0.1) is 22.7 Å². The van der Waals surface area contributed by atoms with Crippen LogP contribution in [0, 0.1) is 27.4 Å². The molecule has 0 saturated heterocycles. The van der Waals surface area contributed by atoms with Gasteiger partial charge in [-0.2, -0.15) is 5.26 Å². The first-order chi connectivity index (χ1) is 9.10. The fourth-order valence-corrected chi connectivity index (χ4v) is 2.36. The third-order valence-electron chi connectivity index (χ3n) is 3.54. The average Bonchev–Trinajstić information content (AvgIpc) is 2.41. The molecular weight excluding hydrogens is 244 g/mol. The summed E-state index contributed by atoms with van der Waals surface area (Å²) < 4.78 is 5.74. The molecule has 5 nitrogen and oxygen atoms in total. The second-order valence-corrected chi connectivity index (χ2v) is 5.05. The van der Waals surface area contributed by atoms with Crippen LogP contribution in [0.2, 0.25) is 0 Å². The maximum absolute atomic E-state index is 11.0. The lowest BCUT2D eigenvalue weighted by Crippen LogP contribution is -2.23. The molecule has 2 rings (SSSR count). The third kappa shape index (κ3) is 3.22. The average molecular weight is 260 g/mol. The minimum absolute atomic E-state index is 0.0443. The molecule has 0 aromatic heterocycles. The number of benzene rings is 1. The number of nitriles is 1. The van der Waals surface area contributed by atoms with Crippen LogP contribution in [0.5, 0.6) is 5.75 Å². The van der Waals surface area contributed by atoms with E-state index in [9.17, 15) is 10.1 Å². The summed E-state index contributed by atoms with van der Waals surface area (Å²) in [6.45, 7) is 2.21. The molecule has 0 atom stereocenters. The summed E-state index contributed by atoms with van der Waals surface area (Å²) in [6, 6.07) is 6.24. The second-order valence-electron chi connectivity index (χ2n) is 5.05. The SMILES string of the molecule is CC1CCC(Oc2ccc(C#N)cc2[N+](=O)[O-])CC1. The van der Waals surface area contributed by atoms with E-state index in [1.807, 2.05) is 6.07 Å². The van der Waals surface area contributed by atoms with Crippen LogP contribution in [-0.4, -0.2) is 11.0 Å². The van der Waals surface area contributed by atoms with Crippen LogP contribution < -0.4 is 4.74 Å². The van der Waals surface area contributed by atoms with Gasteiger partial charge in [0.2, 0.25) is 0 Å². The zero-order valence-electron chi connectivity index (χ0n) is 10.8. The standard InChI is InChI=1S/C14H16N2O3/c1-10-2-5-12(6-3-10)19-14-7-4-11(9-15)8-13(14)16(17)18/h4,7-8,10,12H,2-3,5-6H2,1H3. The van der Waals surface area contributed by atoms with Crippen molar-refractivity contribution in [3.63, 3.8) is 0 Å². The van der Waals surface area contributed by atoms with E-state index in [-0.39, 0.29) is 23.1 Å². The van der Waals surface area contributed by atoms with Gasteiger partial charge in [-0.3, -0.25) is 10.1 Å². The minimum Gasteiger partial charge on any atom is -0.484 e. The van der Waals surface area contributed by atoms with Crippen molar-refractivity contribution in [3.8, 4) is 11.8 Å². The zero-order valence-corrected chi connectivity index (χ0v) is 10.8. The Labute approximate surface area is 112 Å². The molecule has 0 spiro atoms. The monoisotopic (exact) mass is 260 g/mol. The molecule has 1 aliphatic carbocycles. The summed E-state index contributed by atoms with van der Waals surface area (Å²) in [4.78, 5) is 10.5. The van der Waals surface area contributed by atoms with Crippen LogP contribution in [0.25, 0.3) is 0 Å². The van der Waals surface area contributed by atoms with E-state index in [0.717, 1.165) is 25.7 Å². The topological polar surface area (TPSA) is 76.2 Å². The summed E-state index contributed by atoms with van der Waals surface area (Å²) in [7, 11) is 0. The van der Waals surface area contributed by atoms with Crippen molar-refractivity contribution < 1.29 is 9.66 Å². The predicted octanol–water partition coefficient (Wildman–Crippen LogP) is 3.42. The maximum atomic E-state index is 11.0. The van der Waals surface area contributed by atoms with E-state index < -0.39 is 4.92 Å². The number of nitrogens with zero attached hydrogens (tertiary/aromatic N) is 2. The Morgan fingerprint density at radius 1 is 1.37 bits per heavy atom. The van der Waals surface area contributed by atoms with E-state index in [0.29, 0.717) is 5.92 Å². The van der Waals surface area contributed by atoms with E-state index >= 15 is 0 Å². The molecule has 19 heavy (non-hydrogen) atoms. The van der Waals surface area contributed by atoms with Gasteiger partial charge in [-0.05, 0) is 43.7 Å². The molecule has 1 fully saturated rings. The Hall–Kier alpha value is -2.09. The molecule has 0 bridgehead atoms. The molecule has 1 aromatic carbocycles. The minimum atomic E-state index is -0.498. The number of nitro groups is 1. The van der Waals surface area contributed by atoms with Crippen molar-refractivity contribution in [3.05, 3.63) is 33.9 Å². The predicted molar refractivity (Wildman–Crippen MR) is 69.9 cm³/mol. The van der Waals surface area contributed by atoms with Gasteiger partial charge in [0, 0.05) is 6.07 Å². The van der Waals surface area contributed by atoms with Gasteiger partial charge >= 0.3 is 5.69 Å². The molecule has 0 radical (unpaired) electrons. The highest BCUT2D eigenvalue weighted by Crippen LogP contribution is 2.32. The first-order valence-electron chi connectivity index (χ1n) is 6.45. The van der Waals surface area contributed by atoms with Crippen LogP contribution in [0.15, 0.2) is 18.2 Å². The highest BCUT2D eigenvalue weighted by molar-refractivity contribution is 5.51. The summed E-state index contributed by atoms with van der Waals surface area (Å²) in [5.41, 5.74) is 0.147. The number of ether oxygens (including phenoxy) is 1. The smallest absolute Gasteiger partial charge is 0.312 e. The largest absolute Gasteiger partial charge is 0.484 e. The number of hydrogen-bond acceptors (Lipinski definition) is 4. The van der Waals surface area contributed by atoms with Crippen LogP contribution in [0.1, 0.15) is 38.2 Å². The molecule has 0 N–H and O–H groups in total. The lowest BCUT2D eigenvalue weighted by atomic mass is 9.89. The van der Waals surface area contributed by atoms with Crippen LogP contribution in [-0.2, 0) is 0 Å². The van der Waals surface area contributed by atoms with Gasteiger partial charge < -0.3 is 4.74 Å². The van der Waals surface area contributed by atoms with E-state index in [1.54, 1.807) is 6.07 Å². The Kier molecular flexibility index (Phi) is 4.00. The Bertz CT molecular complexity index is 514. The molecule has 1 aliphatic rings. The molecular formula is C14H16N2O3. The highest BCUT2D eigenvalue weighted by atomic mass is 16.6. The number of rotatable bonds is 3. The van der Waals surface area contributed by atoms with Gasteiger partial charge in [0.1, 0.15) is 0 Å². The van der Waals surface area contributed by atoms with Gasteiger partial charge in [-0.15, -0.1) is 0 Å². The van der Waals surface area contributed by atoms with Crippen molar-refractivity contribution >= 4 is 5.69 Å². The molecule has 0 aliphatic heterocycles. The highest BCUT2D eigenvalue weighted by Gasteiger charge is 2.23. The van der Waals surface area contributed by atoms with E-state index in [2.05, 4.69) is 6.92 Å². The number of nitro benzene ring substituents is 1. The van der Waals surface area contributed by atoms with E-state index in [1.165, 1.54) is 12.1 Å². The van der Waals surface area contributed by atoms with Crippen molar-refractivity contribution in [2.45, 2.75) is 38.7 Å². The van der Waals surface area contributed by atoms with Crippen molar-refractivity contribution in [2.24, 2.45) is 5.92 Å². The number of hydrogen-bond donors (Lipinski definition) is 0. The quantitative estimate of drug-likeness (QED) is 0.616. The van der Waals surface area contributed by atoms with Crippen LogP contribution in [0.3, 0.4) is 0 Å². The molecule has 0 unspecified atom stereocenters. The molecule has 1 aromatic rings. The van der Waals surface area contributed by atoms with Crippen LogP contribution >= 0.6 is 0 Å². The van der Waals surface area contributed by atoms with Gasteiger partial charge in [0.15, 0.2) is 5.75 Å². The summed E-state index contributed by atoms with van der Waals surface area (Å²) in [5, 5.41) is 19.8. The van der Waals surface area contributed by atoms with Crippen molar-refractivity contribution in [2.75, 3.05) is 0 Å². The summed E-state index contributed by atoms with van der Waals surface area (Å²) >= 11 is 0. The van der Waals surface area contributed by atoms with Gasteiger partial charge in [-0.1, -0.05) is 6.92 Å². The Morgan fingerprint density at radius 2 is 2.05 bits per heavy atom. The van der Waals surface area contributed by atoms with Gasteiger partial charge in [0.25, 0.3) is 0 Å². The summed E-state index contributed by atoms with van der Waals surface area (Å²) in [6.07, 6.45) is 4.09. The summed E-state index contributed by atoms with van der Waals surface area (Å²) in [5.74, 6) is 0.972. The maximum Gasteiger partial charge on any atom is 0.312 e. The first-order valence-corrected chi connectivity index (χ1v) is 6.45. The second kappa shape index (κ2) is 5.70. The first kappa shape index (κ1) is 13.3. The fourth-order valence-electron chi connectivity index (χ4n) is 2.36. The third-order valence-corrected chi connectivity index (χ3v) is 3.54. The molecule has 0 heterocycles. The molecule has 5 heteroatoms. The van der Waals surface area contributed by atoms with Crippen molar-refractivity contribution in [1.29, 1.82) is 5.26 Å². The Balaban J connectivity index is 2.16. The van der Waals surface area contributed by atoms with Crippen LogP contribution in [0.4, 0.5) is 5.69 Å². The fraction of sp³-hybridized carbons (Fsp3) is 0.500. The van der Waals surface area contributed by atoms with Gasteiger partial charge in [-0.25, -0.2) is 0 Å². The van der Waals surface area contributed by atoms with E-state index in [4.69, 9.17) is 10.00 Å². The lowest BCUT2D eigenvalue weighted by molar-refractivity contribution is -0.386. The Morgan fingerprint density at radius 3 is 2.63 bits per heavy atom. The molecule has 100 valence electrons. The lowest BCUT2D eigenvalue weighted by Gasteiger charge is -2.26. The van der Waals surface area contributed by atoms with Crippen molar-refractivity contribution in [1.82, 2.24) is 0 Å². The molecule has 1 saturated carbocycles. The molecule has 0 amide bonds. The normalized spacial score (nSPS) is 22.5. The zero-order chi connectivity index (χ0) is 13.8.